The molecular formula is C32H16. The van der Waals surface area contributed by atoms with Gasteiger partial charge in [-0.1, -0.05) is 91.0 Å². The van der Waals surface area contributed by atoms with Crippen LogP contribution in [0.15, 0.2) is 97.1 Å². The summed E-state index contributed by atoms with van der Waals surface area (Å²) in [7, 11) is 0. The minimum Gasteiger partial charge on any atom is -0.0616 e. The lowest BCUT2D eigenvalue weighted by Crippen LogP contribution is -1.94. The third kappa shape index (κ3) is 1.57. The molecule has 9 rings (SSSR count). The van der Waals surface area contributed by atoms with Crippen LogP contribution in [0, 0.1) is 0 Å². The molecule has 0 spiro atoms. The van der Waals surface area contributed by atoms with Crippen molar-refractivity contribution in [1.29, 1.82) is 0 Å². The van der Waals surface area contributed by atoms with Crippen LogP contribution in [-0.2, 0) is 0 Å². The van der Waals surface area contributed by atoms with Gasteiger partial charge in [-0.05, 0) is 92.2 Å². The van der Waals surface area contributed by atoms with Crippen molar-refractivity contribution in [2.45, 2.75) is 0 Å². The summed E-state index contributed by atoms with van der Waals surface area (Å²) < 4.78 is 0. The number of benzene rings is 9. The Labute approximate surface area is 183 Å². The van der Waals surface area contributed by atoms with Crippen molar-refractivity contribution in [3.05, 3.63) is 97.1 Å². The van der Waals surface area contributed by atoms with Gasteiger partial charge in [-0.25, -0.2) is 0 Å². The molecule has 0 nitrogen and oxygen atoms in total. The van der Waals surface area contributed by atoms with Gasteiger partial charge in [0.1, 0.15) is 0 Å². The van der Waals surface area contributed by atoms with E-state index in [1.165, 1.54) is 86.2 Å². The molecule has 0 bridgehead atoms. The van der Waals surface area contributed by atoms with Crippen molar-refractivity contribution in [2.24, 2.45) is 0 Å². The van der Waals surface area contributed by atoms with Crippen molar-refractivity contribution >= 4 is 86.2 Å². The molecule has 32 heavy (non-hydrogen) atoms. The summed E-state index contributed by atoms with van der Waals surface area (Å²) in [5, 5.41) is 22.1. The Morgan fingerprint density at radius 3 is 1.66 bits per heavy atom. The molecule has 0 aliphatic rings. The fraction of sp³-hybridized carbons (Fsp3) is 0. The SMILES string of the molecule is c1ccc2c(c1)cc1ccc3ccc4c5cccc6ccc7ccc8c2c1c3c4c8c7c65. The standard InChI is InChI=1S/C32H16/c1-2-6-22-20(4-1)16-21-11-10-19-12-14-24-23-7-3-5-17-8-9-18-13-15-25-30(22)29(21)28(19)31(24)32(25)27(18)26(17)23/h1-16H. The second-order valence-corrected chi connectivity index (χ2v) is 9.28. The second kappa shape index (κ2) is 5.00. The molecule has 0 unspecified atom stereocenters. The Balaban J connectivity index is 1.82. The van der Waals surface area contributed by atoms with E-state index in [-0.39, 0.29) is 0 Å². The van der Waals surface area contributed by atoms with Crippen molar-refractivity contribution < 1.29 is 0 Å². The monoisotopic (exact) mass is 400 g/mol. The summed E-state index contributed by atoms with van der Waals surface area (Å²) in [6.45, 7) is 0. The fourth-order valence-corrected chi connectivity index (χ4v) is 6.63. The minimum absolute atomic E-state index is 1.32. The summed E-state index contributed by atoms with van der Waals surface area (Å²) in [6, 6.07) is 36.6. The number of fused-ring (bicyclic) bond motifs is 4. The molecular weight excluding hydrogens is 384 g/mol. The van der Waals surface area contributed by atoms with Crippen LogP contribution in [0.3, 0.4) is 0 Å². The number of rotatable bonds is 0. The molecule has 0 heterocycles. The normalized spacial score (nSPS) is 13.0. The highest BCUT2D eigenvalue weighted by Gasteiger charge is 2.22. The molecule has 9 aromatic rings. The van der Waals surface area contributed by atoms with Gasteiger partial charge >= 0.3 is 0 Å². The Kier molecular flexibility index (Phi) is 2.44. The van der Waals surface area contributed by atoms with Gasteiger partial charge in [0.05, 0.1) is 0 Å². The average Bonchev–Trinajstić information content (AvgIpc) is 2.85. The van der Waals surface area contributed by atoms with Gasteiger partial charge in [-0.3, -0.25) is 0 Å². The van der Waals surface area contributed by atoms with Gasteiger partial charge in [0.15, 0.2) is 0 Å². The first kappa shape index (κ1) is 15.6. The van der Waals surface area contributed by atoms with Gasteiger partial charge in [0, 0.05) is 0 Å². The lowest BCUT2D eigenvalue weighted by molar-refractivity contribution is 1.80. The summed E-state index contributed by atoms with van der Waals surface area (Å²) in [5.41, 5.74) is 0. The van der Waals surface area contributed by atoms with E-state index in [0.717, 1.165) is 0 Å². The van der Waals surface area contributed by atoms with Crippen molar-refractivity contribution in [3.63, 3.8) is 0 Å². The molecule has 0 fully saturated rings. The molecule has 0 amide bonds. The Morgan fingerprint density at radius 1 is 0.250 bits per heavy atom. The maximum atomic E-state index is 2.37. The zero-order valence-electron chi connectivity index (χ0n) is 17.2. The highest BCUT2D eigenvalue weighted by atomic mass is 14.2. The fourth-order valence-electron chi connectivity index (χ4n) is 6.63. The van der Waals surface area contributed by atoms with E-state index in [2.05, 4.69) is 97.1 Å². The average molecular weight is 400 g/mol. The Bertz CT molecular complexity index is 2180. The highest BCUT2D eigenvalue weighted by Crippen LogP contribution is 2.51. The van der Waals surface area contributed by atoms with E-state index in [0.29, 0.717) is 0 Å². The quantitative estimate of drug-likeness (QED) is 0.176. The van der Waals surface area contributed by atoms with E-state index >= 15 is 0 Å². The predicted octanol–water partition coefficient (Wildman–Crippen LogP) is 9.23. The van der Waals surface area contributed by atoms with Crippen LogP contribution in [-0.4, -0.2) is 0 Å². The first-order valence-electron chi connectivity index (χ1n) is 11.3. The first-order valence-corrected chi connectivity index (χ1v) is 11.3. The summed E-state index contributed by atoms with van der Waals surface area (Å²) in [6.07, 6.45) is 0. The van der Waals surface area contributed by atoms with Crippen LogP contribution in [0.1, 0.15) is 0 Å². The van der Waals surface area contributed by atoms with Crippen LogP contribution in [0.5, 0.6) is 0 Å². The topological polar surface area (TPSA) is 0 Å². The predicted molar refractivity (Wildman–Crippen MR) is 140 cm³/mol. The third-order valence-electron chi connectivity index (χ3n) is 7.85. The van der Waals surface area contributed by atoms with Crippen LogP contribution >= 0.6 is 0 Å². The molecule has 0 saturated carbocycles. The van der Waals surface area contributed by atoms with Gasteiger partial charge in [-0.15, -0.1) is 0 Å². The first-order chi connectivity index (χ1) is 15.9. The van der Waals surface area contributed by atoms with Crippen molar-refractivity contribution in [3.8, 4) is 0 Å². The highest BCUT2D eigenvalue weighted by molar-refractivity contribution is 6.49. The smallest absolute Gasteiger partial charge is 0.000719 e. The van der Waals surface area contributed by atoms with Crippen LogP contribution in [0.25, 0.3) is 86.2 Å². The van der Waals surface area contributed by atoms with Gasteiger partial charge in [0.25, 0.3) is 0 Å². The van der Waals surface area contributed by atoms with Crippen LogP contribution in [0.4, 0.5) is 0 Å². The third-order valence-corrected chi connectivity index (χ3v) is 7.85. The maximum Gasteiger partial charge on any atom is -0.000719 e. The molecule has 0 aliphatic carbocycles. The molecule has 0 aromatic heterocycles. The molecule has 0 radical (unpaired) electrons. The molecule has 9 aromatic carbocycles. The van der Waals surface area contributed by atoms with E-state index < -0.39 is 0 Å². The summed E-state index contributed by atoms with van der Waals surface area (Å²) >= 11 is 0. The molecule has 0 atom stereocenters. The minimum atomic E-state index is 1.32. The summed E-state index contributed by atoms with van der Waals surface area (Å²) in [4.78, 5) is 0. The lowest BCUT2D eigenvalue weighted by atomic mass is 9.80. The van der Waals surface area contributed by atoms with Gasteiger partial charge in [0.2, 0.25) is 0 Å². The lowest BCUT2D eigenvalue weighted by Gasteiger charge is -2.22. The zero-order chi connectivity index (χ0) is 20.6. The van der Waals surface area contributed by atoms with Crippen LogP contribution < -0.4 is 0 Å². The Morgan fingerprint density at radius 2 is 0.781 bits per heavy atom. The van der Waals surface area contributed by atoms with Crippen molar-refractivity contribution in [1.82, 2.24) is 0 Å². The number of hydrogen-bond donors (Lipinski definition) is 0. The van der Waals surface area contributed by atoms with E-state index in [1.54, 1.807) is 0 Å². The van der Waals surface area contributed by atoms with E-state index in [9.17, 15) is 0 Å². The van der Waals surface area contributed by atoms with Crippen LogP contribution in [0.2, 0.25) is 0 Å². The Hall–Kier alpha value is -4.16. The zero-order valence-corrected chi connectivity index (χ0v) is 17.2. The van der Waals surface area contributed by atoms with Crippen molar-refractivity contribution in [2.75, 3.05) is 0 Å². The van der Waals surface area contributed by atoms with Gasteiger partial charge < -0.3 is 0 Å². The summed E-state index contributed by atoms with van der Waals surface area (Å²) in [5.74, 6) is 0. The number of hydrogen-bond acceptors (Lipinski definition) is 0. The second-order valence-electron chi connectivity index (χ2n) is 9.28. The maximum absolute atomic E-state index is 2.37. The van der Waals surface area contributed by atoms with E-state index in [4.69, 9.17) is 0 Å². The van der Waals surface area contributed by atoms with Gasteiger partial charge in [-0.2, -0.15) is 0 Å². The van der Waals surface area contributed by atoms with E-state index in [1.807, 2.05) is 0 Å². The molecule has 0 aliphatic heterocycles. The molecule has 0 N–H and O–H groups in total. The largest absolute Gasteiger partial charge is 0.0616 e. The molecule has 0 saturated heterocycles. The molecule has 144 valence electrons. The molecule has 0 heteroatoms.